The lowest BCUT2D eigenvalue weighted by atomic mass is 10.1. The quantitative estimate of drug-likeness (QED) is 0.352. The Bertz CT molecular complexity index is 1390. The van der Waals surface area contributed by atoms with Gasteiger partial charge in [-0.15, -0.1) is 0 Å². The van der Waals surface area contributed by atoms with Crippen molar-refractivity contribution in [2.24, 2.45) is 0 Å². The molecule has 0 saturated carbocycles. The third-order valence-electron chi connectivity index (χ3n) is 6.17. The molecule has 0 saturated heterocycles. The largest absolute Gasteiger partial charge is 0.357 e. The van der Waals surface area contributed by atoms with Crippen molar-refractivity contribution in [3.05, 3.63) is 93.5 Å². The van der Waals surface area contributed by atoms with Crippen LogP contribution in [0.25, 0.3) is 0 Å². The second kappa shape index (κ2) is 12.7. The number of rotatable bonds is 10. The summed E-state index contributed by atoms with van der Waals surface area (Å²) in [6, 6.07) is 17.5. The van der Waals surface area contributed by atoms with Crippen molar-refractivity contribution in [2.45, 2.75) is 44.7 Å². The smallest absolute Gasteiger partial charge is 0.264 e. The van der Waals surface area contributed by atoms with E-state index in [0.29, 0.717) is 6.42 Å². The zero-order valence-corrected chi connectivity index (χ0v) is 24.1. The second-order valence-corrected chi connectivity index (χ2v) is 11.7. The van der Waals surface area contributed by atoms with Gasteiger partial charge >= 0.3 is 0 Å². The van der Waals surface area contributed by atoms with E-state index in [9.17, 15) is 18.0 Å². The number of nitrogens with zero attached hydrogens (tertiary/aromatic N) is 2. The lowest BCUT2D eigenvalue weighted by Crippen LogP contribution is -2.51. The highest BCUT2D eigenvalue weighted by Gasteiger charge is 2.34. The van der Waals surface area contributed by atoms with Crippen LogP contribution in [0.15, 0.2) is 71.6 Å². The third kappa shape index (κ3) is 6.87. The molecule has 0 unspecified atom stereocenters. The van der Waals surface area contributed by atoms with Crippen LogP contribution in [0, 0.1) is 13.8 Å². The summed E-state index contributed by atoms with van der Waals surface area (Å²) in [5.41, 5.74) is 2.81. The molecule has 0 aliphatic heterocycles. The Morgan fingerprint density at radius 3 is 2.05 bits per heavy atom. The van der Waals surface area contributed by atoms with Crippen molar-refractivity contribution < 1.29 is 18.0 Å². The lowest BCUT2D eigenvalue weighted by molar-refractivity contribution is -0.140. The first-order valence-corrected chi connectivity index (χ1v) is 14.3. The van der Waals surface area contributed by atoms with Gasteiger partial charge in [-0.05, 0) is 56.2 Å². The highest BCUT2D eigenvalue weighted by Crippen LogP contribution is 2.33. The average molecular weight is 577 g/mol. The maximum atomic E-state index is 13.9. The number of carbonyl (C=O) groups is 2. The molecule has 10 heteroatoms. The third-order valence-corrected chi connectivity index (χ3v) is 8.50. The molecular weight excluding hydrogens is 545 g/mol. The van der Waals surface area contributed by atoms with Crippen LogP contribution in [0.3, 0.4) is 0 Å². The minimum atomic E-state index is -4.23. The molecule has 0 aliphatic carbocycles. The van der Waals surface area contributed by atoms with Gasteiger partial charge in [0, 0.05) is 18.6 Å². The molecule has 2 amide bonds. The van der Waals surface area contributed by atoms with E-state index in [0.717, 1.165) is 21.0 Å². The van der Waals surface area contributed by atoms with Gasteiger partial charge in [0.25, 0.3) is 10.0 Å². The zero-order chi connectivity index (χ0) is 28.0. The molecule has 0 aromatic heterocycles. The van der Waals surface area contributed by atoms with E-state index in [-0.39, 0.29) is 33.1 Å². The van der Waals surface area contributed by atoms with Crippen LogP contribution in [0.1, 0.15) is 30.0 Å². The summed E-state index contributed by atoms with van der Waals surface area (Å²) in [6.07, 6.45) is 0.333. The van der Waals surface area contributed by atoms with Gasteiger partial charge in [0.15, 0.2) is 0 Å². The van der Waals surface area contributed by atoms with Crippen LogP contribution in [0.2, 0.25) is 10.0 Å². The summed E-state index contributed by atoms with van der Waals surface area (Å²) in [5, 5.41) is 2.98. The standard InChI is InChI=1S/C28H31Cl2N3O4S/c1-5-25(28(35)31-4)32(17-21-10-6-19(2)7-11-21)27(34)18-33(26-16-22(29)12-15-24(26)30)38(36,37)23-13-8-20(3)9-14-23/h6-16,25H,5,17-18H2,1-4H3,(H,31,35)/t25-/m0/s1. The molecule has 0 heterocycles. The van der Waals surface area contributed by atoms with Crippen molar-refractivity contribution >= 4 is 50.7 Å². The molecule has 0 fully saturated rings. The molecule has 1 N–H and O–H groups in total. The van der Waals surface area contributed by atoms with Crippen molar-refractivity contribution in [3.8, 4) is 0 Å². The fourth-order valence-electron chi connectivity index (χ4n) is 4.00. The van der Waals surface area contributed by atoms with Gasteiger partial charge in [0.05, 0.1) is 15.6 Å². The van der Waals surface area contributed by atoms with Gasteiger partial charge in [-0.1, -0.05) is 77.7 Å². The number of amides is 2. The van der Waals surface area contributed by atoms with Crippen LogP contribution < -0.4 is 9.62 Å². The first-order valence-electron chi connectivity index (χ1n) is 12.1. The molecule has 0 aliphatic rings. The summed E-state index contributed by atoms with van der Waals surface area (Å²) in [5.74, 6) is -0.908. The Morgan fingerprint density at radius 2 is 1.50 bits per heavy atom. The maximum Gasteiger partial charge on any atom is 0.264 e. The van der Waals surface area contributed by atoms with Gasteiger partial charge in [-0.3, -0.25) is 13.9 Å². The monoisotopic (exact) mass is 575 g/mol. The van der Waals surface area contributed by atoms with Crippen molar-refractivity contribution in [3.63, 3.8) is 0 Å². The van der Waals surface area contributed by atoms with E-state index in [1.165, 1.54) is 42.3 Å². The van der Waals surface area contributed by atoms with Gasteiger partial charge in [-0.2, -0.15) is 0 Å². The maximum absolute atomic E-state index is 13.9. The highest BCUT2D eigenvalue weighted by molar-refractivity contribution is 7.92. The number of hydrogen-bond donors (Lipinski definition) is 1. The van der Waals surface area contributed by atoms with Gasteiger partial charge in [0.1, 0.15) is 12.6 Å². The summed E-state index contributed by atoms with van der Waals surface area (Å²) < 4.78 is 28.7. The molecule has 3 aromatic carbocycles. The molecule has 0 bridgehead atoms. The molecule has 0 radical (unpaired) electrons. The molecule has 7 nitrogen and oxygen atoms in total. The Balaban J connectivity index is 2.10. The predicted molar refractivity (Wildman–Crippen MR) is 152 cm³/mol. The Labute approximate surface area is 234 Å². The molecule has 3 rings (SSSR count). The fraction of sp³-hybridized carbons (Fsp3) is 0.286. The number of benzene rings is 3. The zero-order valence-electron chi connectivity index (χ0n) is 21.7. The van der Waals surface area contributed by atoms with E-state index in [1.54, 1.807) is 19.1 Å². The van der Waals surface area contributed by atoms with Crippen LogP contribution in [-0.2, 0) is 26.2 Å². The molecule has 202 valence electrons. The Kier molecular flexibility index (Phi) is 9.82. The van der Waals surface area contributed by atoms with Crippen molar-refractivity contribution in [2.75, 3.05) is 17.9 Å². The van der Waals surface area contributed by atoms with Gasteiger partial charge < -0.3 is 10.2 Å². The fourth-order valence-corrected chi connectivity index (χ4v) is 5.86. The topological polar surface area (TPSA) is 86.8 Å². The SMILES string of the molecule is CC[C@@H](C(=O)NC)N(Cc1ccc(C)cc1)C(=O)CN(c1cc(Cl)ccc1Cl)S(=O)(=O)c1ccc(C)cc1. The minimum absolute atomic E-state index is 0.00429. The van der Waals surface area contributed by atoms with Crippen LogP contribution >= 0.6 is 23.2 Å². The molecule has 3 aromatic rings. The number of anilines is 1. The number of halogens is 2. The Hall–Kier alpha value is -3.07. The number of sulfonamides is 1. The van der Waals surface area contributed by atoms with Crippen LogP contribution in [0.5, 0.6) is 0 Å². The minimum Gasteiger partial charge on any atom is -0.357 e. The van der Waals surface area contributed by atoms with Crippen LogP contribution in [-0.4, -0.2) is 44.8 Å². The number of likely N-dealkylation sites (N-methyl/N-ethyl adjacent to an activating group) is 1. The predicted octanol–water partition coefficient (Wildman–Crippen LogP) is 5.36. The normalized spacial score (nSPS) is 12.1. The highest BCUT2D eigenvalue weighted by atomic mass is 35.5. The first kappa shape index (κ1) is 29.5. The van der Waals surface area contributed by atoms with E-state index >= 15 is 0 Å². The van der Waals surface area contributed by atoms with Gasteiger partial charge in [0.2, 0.25) is 11.8 Å². The lowest BCUT2D eigenvalue weighted by Gasteiger charge is -2.33. The first-order chi connectivity index (χ1) is 18.0. The number of hydrogen-bond acceptors (Lipinski definition) is 4. The van der Waals surface area contributed by atoms with Gasteiger partial charge in [-0.25, -0.2) is 8.42 Å². The van der Waals surface area contributed by atoms with Crippen molar-refractivity contribution in [1.82, 2.24) is 10.2 Å². The molecule has 1 atom stereocenters. The summed E-state index contributed by atoms with van der Waals surface area (Å²) in [6.45, 7) is 5.12. The van der Waals surface area contributed by atoms with Crippen molar-refractivity contribution in [1.29, 1.82) is 0 Å². The number of aryl methyl sites for hydroxylation is 2. The Morgan fingerprint density at radius 1 is 0.921 bits per heavy atom. The van der Waals surface area contributed by atoms with E-state index in [1.807, 2.05) is 38.1 Å². The number of carbonyl (C=O) groups excluding carboxylic acids is 2. The van der Waals surface area contributed by atoms with E-state index < -0.39 is 28.5 Å². The summed E-state index contributed by atoms with van der Waals surface area (Å²) in [4.78, 5) is 28.1. The summed E-state index contributed by atoms with van der Waals surface area (Å²) >= 11 is 12.6. The molecule has 38 heavy (non-hydrogen) atoms. The van der Waals surface area contributed by atoms with E-state index in [2.05, 4.69) is 5.32 Å². The average Bonchev–Trinajstić information content (AvgIpc) is 2.89. The molecular formula is C28H31Cl2N3O4S. The molecule has 0 spiro atoms. The second-order valence-electron chi connectivity index (χ2n) is 8.97. The van der Waals surface area contributed by atoms with Crippen LogP contribution in [0.4, 0.5) is 5.69 Å². The summed E-state index contributed by atoms with van der Waals surface area (Å²) in [7, 11) is -2.73. The van der Waals surface area contributed by atoms with E-state index in [4.69, 9.17) is 23.2 Å². The number of nitrogens with one attached hydrogen (secondary N) is 1.